The lowest BCUT2D eigenvalue weighted by Gasteiger charge is -2.20. The number of ether oxygens (including phenoxy) is 1. The lowest BCUT2D eigenvalue weighted by atomic mass is 10.0. The molecule has 70 heavy (non-hydrogen) atoms. The first-order valence-corrected chi connectivity index (χ1v) is 31.6. The van der Waals surface area contributed by atoms with Gasteiger partial charge in [-0.05, 0) is 57.8 Å². The SMILES string of the molecule is CCCCCCCCCCCC/C=C/C(O)C(CO)NC(=O)CCCCCCCCCCCCCCC/C=C\CCCCCCCCCCCCCCOC(=O)CCCCCCCCCCCCCC. The first-order chi connectivity index (χ1) is 34.5. The highest BCUT2D eigenvalue weighted by Crippen LogP contribution is 2.17. The summed E-state index contributed by atoms with van der Waals surface area (Å²) in [5.74, 6) is -0.0497. The summed E-state index contributed by atoms with van der Waals surface area (Å²) < 4.78 is 5.48. The van der Waals surface area contributed by atoms with Gasteiger partial charge in [0.05, 0.1) is 25.4 Å². The monoisotopic (exact) mass is 986 g/mol. The molecule has 0 fully saturated rings. The number of aliphatic hydroxyl groups excluding tert-OH is 2. The topological polar surface area (TPSA) is 95.9 Å². The minimum absolute atomic E-state index is 0.0170. The van der Waals surface area contributed by atoms with Crippen molar-refractivity contribution in [1.82, 2.24) is 5.32 Å². The summed E-state index contributed by atoms with van der Waals surface area (Å²) in [6.45, 7) is 4.91. The molecule has 0 aliphatic heterocycles. The van der Waals surface area contributed by atoms with Crippen LogP contribution in [0, 0.1) is 0 Å². The Bertz CT molecular complexity index is 1090. The molecule has 0 rings (SSSR count). The zero-order valence-corrected chi connectivity index (χ0v) is 47.3. The van der Waals surface area contributed by atoms with Gasteiger partial charge in [0.2, 0.25) is 5.91 Å². The third-order valence-corrected chi connectivity index (χ3v) is 14.7. The van der Waals surface area contributed by atoms with Gasteiger partial charge in [0.25, 0.3) is 0 Å². The lowest BCUT2D eigenvalue weighted by molar-refractivity contribution is -0.143. The van der Waals surface area contributed by atoms with Crippen molar-refractivity contribution in [2.24, 2.45) is 0 Å². The molecule has 0 aliphatic rings. The Hall–Kier alpha value is -1.66. The van der Waals surface area contributed by atoms with E-state index in [2.05, 4.69) is 31.3 Å². The second-order valence-electron chi connectivity index (χ2n) is 21.7. The second-order valence-corrected chi connectivity index (χ2v) is 21.7. The number of hydrogen-bond acceptors (Lipinski definition) is 5. The normalized spacial score (nSPS) is 12.7. The number of esters is 1. The molecule has 6 nitrogen and oxygen atoms in total. The molecule has 0 spiro atoms. The first kappa shape index (κ1) is 68.3. The molecule has 414 valence electrons. The smallest absolute Gasteiger partial charge is 0.305 e. The van der Waals surface area contributed by atoms with Crippen LogP contribution in [0.2, 0.25) is 0 Å². The van der Waals surface area contributed by atoms with Crippen LogP contribution in [0.25, 0.3) is 0 Å². The molecule has 0 aliphatic carbocycles. The molecule has 0 saturated carbocycles. The van der Waals surface area contributed by atoms with Crippen molar-refractivity contribution in [2.75, 3.05) is 13.2 Å². The largest absolute Gasteiger partial charge is 0.466 e. The predicted molar refractivity (Wildman–Crippen MR) is 306 cm³/mol. The molecule has 0 heterocycles. The third kappa shape index (κ3) is 55.7. The third-order valence-electron chi connectivity index (χ3n) is 14.7. The maximum Gasteiger partial charge on any atom is 0.305 e. The van der Waals surface area contributed by atoms with Gasteiger partial charge in [0, 0.05) is 12.8 Å². The predicted octanol–water partition coefficient (Wildman–Crippen LogP) is 19.8. The van der Waals surface area contributed by atoms with Crippen LogP contribution in [-0.4, -0.2) is 47.4 Å². The Morgan fingerprint density at radius 2 is 0.671 bits per heavy atom. The van der Waals surface area contributed by atoms with Gasteiger partial charge in [0.1, 0.15) is 0 Å². The number of rotatable bonds is 59. The van der Waals surface area contributed by atoms with Gasteiger partial charge < -0.3 is 20.3 Å². The summed E-state index contributed by atoms with van der Waals surface area (Å²) in [5.41, 5.74) is 0. The summed E-state index contributed by atoms with van der Waals surface area (Å²) in [4.78, 5) is 24.5. The van der Waals surface area contributed by atoms with Gasteiger partial charge in [-0.3, -0.25) is 9.59 Å². The van der Waals surface area contributed by atoms with E-state index in [0.29, 0.717) is 19.4 Å². The summed E-state index contributed by atoms with van der Waals surface area (Å²) in [6, 6.07) is -0.625. The average Bonchev–Trinajstić information content (AvgIpc) is 3.36. The summed E-state index contributed by atoms with van der Waals surface area (Å²) in [6.07, 6.45) is 73.8. The van der Waals surface area contributed by atoms with Crippen LogP contribution < -0.4 is 5.32 Å². The number of allylic oxidation sites excluding steroid dienone is 3. The second kappa shape index (κ2) is 59.9. The molecular formula is C64H123NO5. The van der Waals surface area contributed by atoms with Crippen molar-refractivity contribution in [3.05, 3.63) is 24.3 Å². The van der Waals surface area contributed by atoms with E-state index in [0.717, 1.165) is 38.5 Å². The fraction of sp³-hybridized carbons (Fsp3) is 0.906. The molecule has 0 bridgehead atoms. The van der Waals surface area contributed by atoms with E-state index in [9.17, 15) is 19.8 Å². The number of amides is 1. The van der Waals surface area contributed by atoms with Gasteiger partial charge in [-0.2, -0.15) is 0 Å². The van der Waals surface area contributed by atoms with Gasteiger partial charge in [-0.15, -0.1) is 0 Å². The molecule has 3 N–H and O–H groups in total. The average molecular weight is 987 g/mol. The number of aliphatic hydroxyl groups is 2. The van der Waals surface area contributed by atoms with Gasteiger partial charge >= 0.3 is 5.97 Å². The fourth-order valence-corrected chi connectivity index (χ4v) is 9.87. The first-order valence-electron chi connectivity index (χ1n) is 31.6. The maximum absolute atomic E-state index is 12.4. The molecule has 6 heteroatoms. The lowest BCUT2D eigenvalue weighted by Crippen LogP contribution is -2.45. The van der Waals surface area contributed by atoms with Crippen LogP contribution in [-0.2, 0) is 14.3 Å². The quantitative estimate of drug-likeness (QED) is 0.0321. The Labute approximate surface area is 437 Å². The van der Waals surface area contributed by atoms with Crippen LogP contribution in [0.15, 0.2) is 24.3 Å². The van der Waals surface area contributed by atoms with Crippen molar-refractivity contribution in [1.29, 1.82) is 0 Å². The van der Waals surface area contributed by atoms with E-state index >= 15 is 0 Å². The van der Waals surface area contributed by atoms with Crippen LogP contribution in [0.4, 0.5) is 0 Å². The number of nitrogens with one attached hydrogen (secondary N) is 1. The number of carbonyl (C=O) groups is 2. The molecule has 0 saturated heterocycles. The van der Waals surface area contributed by atoms with Crippen molar-refractivity contribution in [3.8, 4) is 0 Å². The van der Waals surface area contributed by atoms with Crippen molar-refractivity contribution in [3.63, 3.8) is 0 Å². The number of unbranched alkanes of at least 4 members (excludes halogenated alkanes) is 46. The van der Waals surface area contributed by atoms with E-state index in [1.807, 2.05) is 6.08 Å². The number of hydrogen-bond donors (Lipinski definition) is 3. The van der Waals surface area contributed by atoms with Gasteiger partial charge in [0.15, 0.2) is 0 Å². The molecule has 0 aromatic rings. The molecule has 0 aromatic carbocycles. The van der Waals surface area contributed by atoms with Crippen LogP contribution in [0.5, 0.6) is 0 Å². The van der Waals surface area contributed by atoms with Crippen LogP contribution in [0.1, 0.15) is 348 Å². The Morgan fingerprint density at radius 3 is 1.01 bits per heavy atom. The van der Waals surface area contributed by atoms with Crippen molar-refractivity contribution in [2.45, 2.75) is 360 Å². The van der Waals surface area contributed by atoms with Crippen LogP contribution >= 0.6 is 0 Å². The Morgan fingerprint density at radius 1 is 0.386 bits per heavy atom. The van der Waals surface area contributed by atoms with E-state index in [-0.39, 0.29) is 18.5 Å². The summed E-state index contributed by atoms with van der Waals surface area (Å²) in [5, 5.41) is 23.1. The zero-order valence-electron chi connectivity index (χ0n) is 47.3. The Balaban J connectivity index is 3.37. The highest BCUT2D eigenvalue weighted by molar-refractivity contribution is 5.76. The fourth-order valence-electron chi connectivity index (χ4n) is 9.87. The highest BCUT2D eigenvalue weighted by atomic mass is 16.5. The van der Waals surface area contributed by atoms with Gasteiger partial charge in [-0.1, -0.05) is 301 Å². The van der Waals surface area contributed by atoms with Crippen molar-refractivity contribution < 1.29 is 24.5 Å². The summed E-state index contributed by atoms with van der Waals surface area (Å²) >= 11 is 0. The van der Waals surface area contributed by atoms with Gasteiger partial charge in [-0.25, -0.2) is 0 Å². The van der Waals surface area contributed by atoms with Crippen LogP contribution in [0.3, 0.4) is 0 Å². The van der Waals surface area contributed by atoms with E-state index in [4.69, 9.17) is 4.74 Å². The molecule has 2 unspecified atom stereocenters. The minimum Gasteiger partial charge on any atom is -0.466 e. The maximum atomic E-state index is 12.4. The van der Waals surface area contributed by atoms with Crippen molar-refractivity contribution >= 4 is 11.9 Å². The Kier molecular flexibility index (Phi) is 58.5. The zero-order chi connectivity index (χ0) is 50.7. The van der Waals surface area contributed by atoms with E-state index in [1.165, 1.54) is 283 Å². The standard InChI is InChI=1S/C64H123NO5/c1-3-5-7-9-11-13-15-36-40-44-48-52-56-62(67)61(60-66)65-63(68)57-53-49-45-41-37-34-32-30-28-26-24-22-20-18-17-19-21-23-25-27-29-31-33-35-39-43-47-51-55-59-70-64(69)58-54-50-46-42-38-16-14-12-10-8-6-4-2/h17,19,52,56,61-62,66-67H,3-16,18,20-51,53-55,57-60H2,1-2H3,(H,65,68)/b19-17-,56-52+. The molecule has 2 atom stereocenters. The van der Waals surface area contributed by atoms with E-state index < -0.39 is 12.1 Å². The molecule has 0 radical (unpaired) electrons. The highest BCUT2D eigenvalue weighted by Gasteiger charge is 2.18. The minimum atomic E-state index is -0.842. The molecule has 1 amide bonds. The molecular weight excluding hydrogens is 863 g/mol. The number of carbonyl (C=O) groups excluding carboxylic acids is 2. The van der Waals surface area contributed by atoms with E-state index in [1.54, 1.807) is 6.08 Å². The molecule has 0 aromatic heterocycles. The summed E-state index contributed by atoms with van der Waals surface area (Å²) in [7, 11) is 0.